The zero-order valence-electron chi connectivity index (χ0n) is 16.0. The maximum absolute atomic E-state index is 12.1. The Morgan fingerprint density at radius 1 is 1.03 bits per heavy atom. The summed E-state index contributed by atoms with van der Waals surface area (Å²) in [4.78, 5) is 43.7. The topological polar surface area (TPSA) is 116 Å². The van der Waals surface area contributed by atoms with E-state index < -0.39 is 11.8 Å². The second-order valence-corrected chi connectivity index (χ2v) is 7.36. The first-order valence-corrected chi connectivity index (χ1v) is 9.83. The van der Waals surface area contributed by atoms with E-state index in [-0.39, 0.29) is 35.6 Å². The highest BCUT2D eigenvalue weighted by atomic mass is 35.5. The molecule has 1 atom stereocenters. The fraction of sp³-hybridized carbons (Fsp3) is 0.200. The maximum Gasteiger partial charge on any atom is 0.253 e. The predicted octanol–water partition coefficient (Wildman–Crippen LogP) is 2.59. The van der Waals surface area contributed by atoms with Gasteiger partial charge in [-0.1, -0.05) is 35.3 Å². The van der Waals surface area contributed by atoms with Crippen LogP contribution in [-0.4, -0.2) is 40.8 Å². The van der Waals surface area contributed by atoms with Crippen molar-refractivity contribution in [3.63, 3.8) is 0 Å². The Hall–Kier alpha value is -3.10. The van der Waals surface area contributed by atoms with E-state index >= 15 is 0 Å². The molecular weight excluding hydrogens is 429 g/mol. The molecule has 1 heterocycles. The molecule has 3 aromatic rings. The van der Waals surface area contributed by atoms with Crippen molar-refractivity contribution >= 4 is 52.0 Å². The van der Waals surface area contributed by atoms with Gasteiger partial charge >= 0.3 is 0 Å². The number of amides is 3. The number of benzene rings is 2. The normalized spacial score (nSPS) is 11.7. The van der Waals surface area contributed by atoms with E-state index in [2.05, 4.69) is 25.9 Å². The van der Waals surface area contributed by atoms with Gasteiger partial charge in [0, 0.05) is 5.02 Å². The fourth-order valence-corrected chi connectivity index (χ4v) is 3.20. The largest absolute Gasteiger partial charge is 0.346 e. The first kappa shape index (κ1) is 21.6. The van der Waals surface area contributed by atoms with Crippen molar-refractivity contribution in [3.8, 4) is 0 Å². The lowest BCUT2D eigenvalue weighted by Gasteiger charge is -2.12. The van der Waals surface area contributed by atoms with E-state index in [4.69, 9.17) is 23.2 Å². The van der Waals surface area contributed by atoms with Crippen LogP contribution in [0.4, 0.5) is 0 Å². The number of rotatable bonds is 7. The van der Waals surface area contributed by atoms with Gasteiger partial charge in [-0.25, -0.2) is 4.98 Å². The summed E-state index contributed by atoms with van der Waals surface area (Å²) in [6.45, 7) is 1.25. The molecule has 0 spiro atoms. The van der Waals surface area contributed by atoms with Crippen molar-refractivity contribution in [2.24, 2.45) is 0 Å². The molecule has 8 nitrogen and oxygen atoms in total. The quantitative estimate of drug-likeness (QED) is 0.445. The number of carbonyl (C=O) groups excluding carboxylic acids is 3. The Kier molecular flexibility index (Phi) is 6.91. The van der Waals surface area contributed by atoms with Crippen LogP contribution in [-0.2, 0) is 9.59 Å². The Labute approximate surface area is 182 Å². The molecule has 10 heteroatoms. The van der Waals surface area contributed by atoms with Crippen molar-refractivity contribution in [1.29, 1.82) is 0 Å². The molecule has 0 radical (unpaired) electrons. The lowest BCUT2D eigenvalue weighted by Crippen LogP contribution is -2.42. The van der Waals surface area contributed by atoms with Crippen molar-refractivity contribution < 1.29 is 14.4 Å². The lowest BCUT2D eigenvalue weighted by molar-refractivity contribution is -0.125. The summed E-state index contributed by atoms with van der Waals surface area (Å²) in [6, 6.07) is 11.6. The standard InChI is InChI=1S/C20H19Cl2N5O3/c1-11(19-26-15-4-2-3-5-16(15)27-19)25-18(29)10-23-17(28)9-24-20(30)13-7-6-12(21)8-14(13)22/h2-8,11H,9-10H2,1H3,(H,23,28)(H,24,30)(H,25,29)(H,26,27). The third-order valence-corrected chi connectivity index (χ3v) is 4.77. The molecule has 0 aliphatic rings. The van der Waals surface area contributed by atoms with Crippen LogP contribution in [0.2, 0.25) is 10.0 Å². The second kappa shape index (κ2) is 9.60. The van der Waals surface area contributed by atoms with Gasteiger partial charge in [0.25, 0.3) is 5.91 Å². The average Bonchev–Trinajstić information content (AvgIpc) is 3.15. The minimum Gasteiger partial charge on any atom is -0.346 e. The Balaban J connectivity index is 1.43. The molecule has 156 valence electrons. The number of nitrogens with one attached hydrogen (secondary N) is 4. The van der Waals surface area contributed by atoms with Gasteiger partial charge < -0.3 is 20.9 Å². The number of imidazole rings is 1. The molecule has 0 aliphatic heterocycles. The van der Waals surface area contributed by atoms with E-state index in [1.165, 1.54) is 18.2 Å². The van der Waals surface area contributed by atoms with Crippen LogP contribution in [0.1, 0.15) is 29.1 Å². The van der Waals surface area contributed by atoms with Crippen LogP contribution in [0.25, 0.3) is 11.0 Å². The predicted molar refractivity (Wildman–Crippen MR) is 114 cm³/mol. The summed E-state index contributed by atoms with van der Waals surface area (Å²) >= 11 is 11.8. The number of fused-ring (bicyclic) bond motifs is 1. The van der Waals surface area contributed by atoms with E-state index in [0.717, 1.165) is 11.0 Å². The van der Waals surface area contributed by atoms with Crippen molar-refractivity contribution in [2.45, 2.75) is 13.0 Å². The van der Waals surface area contributed by atoms with E-state index in [1.807, 2.05) is 24.3 Å². The SMILES string of the molecule is CC(NC(=O)CNC(=O)CNC(=O)c1ccc(Cl)cc1Cl)c1nc2ccccc2[nH]1. The number of hydrogen-bond acceptors (Lipinski definition) is 4. The smallest absolute Gasteiger partial charge is 0.253 e. The van der Waals surface area contributed by atoms with Gasteiger partial charge in [-0.3, -0.25) is 14.4 Å². The van der Waals surface area contributed by atoms with Crippen LogP contribution >= 0.6 is 23.2 Å². The lowest BCUT2D eigenvalue weighted by atomic mass is 10.2. The number of nitrogens with zero attached hydrogens (tertiary/aromatic N) is 1. The zero-order valence-corrected chi connectivity index (χ0v) is 17.5. The molecule has 1 aromatic heterocycles. The molecule has 4 N–H and O–H groups in total. The van der Waals surface area contributed by atoms with E-state index in [1.54, 1.807) is 6.92 Å². The number of halogens is 2. The van der Waals surface area contributed by atoms with E-state index in [9.17, 15) is 14.4 Å². The van der Waals surface area contributed by atoms with Crippen LogP contribution in [0.5, 0.6) is 0 Å². The molecule has 3 amide bonds. The molecule has 0 aliphatic carbocycles. The number of carbonyl (C=O) groups is 3. The monoisotopic (exact) mass is 447 g/mol. The molecule has 0 fully saturated rings. The zero-order chi connectivity index (χ0) is 21.7. The molecule has 30 heavy (non-hydrogen) atoms. The molecule has 0 saturated heterocycles. The number of aromatic amines is 1. The van der Waals surface area contributed by atoms with Gasteiger partial charge in [0.2, 0.25) is 11.8 Å². The summed E-state index contributed by atoms with van der Waals surface area (Å²) in [5.41, 5.74) is 1.88. The van der Waals surface area contributed by atoms with Crippen LogP contribution < -0.4 is 16.0 Å². The third kappa shape index (κ3) is 5.49. The highest BCUT2D eigenvalue weighted by Gasteiger charge is 2.15. The number of para-hydroxylation sites is 2. The summed E-state index contributed by atoms with van der Waals surface area (Å²) in [5.74, 6) is -0.805. The first-order chi connectivity index (χ1) is 14.3. The van der Waals surface area contributed by atoms with Crippen LogP contribution in [0.3, 0.4) is 0 Å². The molecule has 0 saturated carbocycles. The van der Waals surface area contributed by atoms with Gasteiger partial charge in [0.05, 0.1) is 40.8 Å². The molecule has 0 bridgehead atoms. The summed E-state index contributed by atoms with van der Waals surface area (Å²) < 4.78 is 0. The highest BCUT2D eigenvalue weighted by Crippen LogP contribution is 2.20. The van der Waals surface area contributed by atoms with Crippen molar-refractivity contribution in [3.05, 3.63) is 63.9 Å². The highest BCUT2D eigenvalue weighted by molar-refractivity contribution is 6.36. The first-order valence-electron chi connectivity index (χ1n) is 9.07. The third-order valence-electron chi connectivity index (χ3n) is 4.23. The number of aromatic nitrogens is 2. The van der Waals surface area contributed by atoms with Crippen molar-refractivity contribution in [1.82, 2.24) is 25.9 Å². The summed E-state index contributed by atoms with van der Waals surface area (Å²) in [6.07, 6.45) is 0. The minimum atomic E-state index is -0.519. The summed E-state index contributed by atoms with van der Waals surface area (Å²) in [5, 5.41) is 8.22. The summed E-state index contributed by atoms with van der Waals surface area (Å²) in [7, 11) is 0. The van der Waals surface area contributed by atoms with Crippen LogP contribution in [0, 0.1) is 0 Å². The average molecular weight is 448 g/mol. The molecule has 2 aromatic carbocycles. The minimum absolute atomic E-state index is 0.180. The van der Waals surface area contributed by atoms with E-state index in [0.29, 0.717) is 10.8 Å². The molecular formula is C20H19Cl2N5O3. The van der Waals surface area contributed by atoms with Crippen molar-refractivity contribution in [2.75, 3.05) is 13.1 Å². The fourth-order valence-electron chi connectivity index (χ4n) is 2.71. The Bertz CT molecular complexity index is 1070. The number of H-pyrrole nitrogens is 1. The second-order valence-electron chi connectivity index (χ2n) is 6.51. The van der Waals surface area contributed by atoms with Gasteiger partial charge in [-0.15, -0.1) is 0 Å². The van der Waals surface area contributed by atoms with Crippen LogP contribution in [0.15, 0.2) is 42.5 Å². The molecule has 1 unspecified atom stereocenters. The Morgan fingerprint density at radius 3 is 2.50 bits per heavy atom. The van der Waals surface area contributed by atoms with Gasteiger partial charge in [-0.2, -0.15) is 0 Å². The number of hydrogen-bond donors (Lipinski definition) is 4. The molecule has 3 rings (SSSR count). The maximum atomic E-state index is 12.1. The Morgan fingerprint density at radius 2 is 1.77 bits per heavy atom. The van der Waals surface area contributed by atoms with Gasteiger partial charge in [0.1, 0.15) is 5.82 Å². The van der Waals surface area contributed by atoms with Gasteiger partial charge in [0.15, 0.2) is 0 Å². The van der Waals surface area contributed by atoms with Gasteiger partial charge in [-0.05, 0) is 37.3 Å².